The largest absolute Gasteiger partial charge is 0.481 e. The van der Waals surface area contributed by atoms with Gasteiger partial charge in [0.1, 0.15) is 25.8 Å². The van der Waals surface area contributed by atoms with Gasteiger partial charge in [0.25, 0.3) is 0 Å². The number of allylic oxidation sites excluding steroid dienone is 11. The number of hydrogen-bond acceptors (Lipinski definition) is 11. The van der Waals surface area contributed by atoms with Crippen molar-refractivity contribution in [2.24, 2.45) is 5.73 Å². The molecule has 0 heterocycles. The lowest BCUT2D eigenvalue weighted by Gasteiger charge is -2.25. The lowest BCUT2D eigenvalue weighted by atomic mass is 10.1. The van der Waals surface area contributed by atoms with Crippen molar-refractivity contribution in [2.75, 3.05) is 53.3 Å². The van der Waals surface area contributed by atoms with Crippen LogP contribution in [0.3, 0.4) is 0 Å². The van der Waals surface area contributed by atoms with Gasteiger partial charge in [0.2, 0.25) is 0 Å². The number of aliphatic hydroxyl groups is 1. The number of phosphoric ester groups is 1. The number of rotatable bonds is 46. The first-order chi connectivity index (χ1) is 32.6. The third-order valence-corrected chi connectivity index (χ3v) is 13.1. The highest BCUT2D eigenvalue weighted by molar-refractivity contribution is 8.00. The average molecular weight is 998 g/mol. The van der Waals surface area contributed by atoms with Crippen LogP contribution in [0.15, 0.2) is 72.9 Å². The normalized spacial score (nSPS) is 15.3. The van der Waals surface area contributed by atoms with E-state index in [0.717, 1.165) is 44.9 Å². The fourth-order valence-electron chi connectivity index (χ4n) is 6.53. The molecule has 15 heteroatoms. The number of phosphoric acid groups is 1. The molecule has 5 N–H and O–H groups in total. The minimum atomic E-state index is -4.54. The van der Waals surface area contributed by atoms with Crippen LogP contribution >= 0.6 is 19.6 Å². The molecule has 0 saturated heterocycles. The van der Waals surface area contributed by atoms with Gasteiger partial charge in [-0.3, -0.25) is 23.4 Å². The molecule has 0 amide bonds. The van der Waals surface area contributed by atoms with E-state index in [2.05, 4.69) is 50.3 Å². The van der Waals surface area contributed by atoms with E-state index in [1.54, 1.807) is 12.2 Å². The molecule has 0 aromatic carbocycles. The summed E-state index contributed by atoms with van der Waals surface area (Å²) in [4.78, 5) is 47.4. The molecule has 0 aromatic rings. The SMILES string of the molecule is CCCCC/C=C\C\C=C/C=C/C=C/[C@@H](SC[C@H](N)C(=O)O[C@H](COC(=O)CCCCCCCCCCC/C=C\C/C=C\CCCCC)COP(=O)(O)OCC[N+](C)(C)C)[C@@H](O)CCCC(=O)O. The summed E-state index contributed by atoms with van der Waals surface area (Å²) in [5.74, 6) is -2.28. The number of carbonyl (C=O) groups is 3. The van der Waals surface area contributed by atoms with Crippen molar-refractivity contribution < 1.29 is 57.1 Å². The van der Waals surface area contributed by atoms with Crippen molar-refractivity contribution in [3.8, 4) is 0 Å². The third-order valence-electron chi connectivity index (χ3n) is 10.7. The molecule has 0 aliphatic heterocycles. The summed E-state index contributed by atoms with van der Waals surface area (Å²) in [7, 11) is 1.17. The maximum Gasteiger partial charge on any atom is 0.472 e. The van der Waals surface area contributed by atoms with Gasteiger partial charge in [-0.25, -0.2) is 4.57 Å². The molecular formula is C53H94N2O11PS+. The highest BCUT2D eigenvalue weighted by Gasteiger charge is 2.29. The summed E-state index contributed by atoms with van der Waals surface area (Å²) in [6.07, 6.45) is 45.6. The summed E-state index contributed by atoms with van der Waals surface area (Å²) in [6.45, 7) is 3.78. The molecule has 1 unspecified atom stereocenters. The first-order valence-electron chi connectivity index (χ1n) is 25.6. The molecule has 0 aliphatic carbocycles. The number of hydrogen-bond donors (Lipinski definition) is 4. The first-order valence-corrected chi connectivity index (χ1v) is 28.1. The summed E-state index contributed by atoms with van der Waals surface area (Å²) >= 11 is 1.21. The Morgan fingerprint density at radius 3 is 1.79 bits per heavy atom. The van der Waals surface area contributed by atoms with E-state index in [-0.39, 0.29) is 38.0 Å². The highest BCUT2D eigenvalue weighted by Crippen LogP contribution is 2.43. The molecule has 392 valence electrons. The maximum atomic E-state index is 13.3. The zero-order valence-corrected chi connectivity index (χ0v) is 44.4. The van der Waals surface area contributed by atoms with Gasteiger partial charge in [0, 0.05) is 23.8 Å². The van der Waals surface area contributed by atoms with Gasteiger partial charge >= 0.3 is 25.7 Å². The Morgan fingerprint density at radius 1 is 0.676 bits per heavy atom. The third kappa shape index (κ3) is 44.4. The van der Waals surface area contributed by atoms with Crippen LogP contribution in [0.4, 0.5) is 0 Å². The Hall–Kier alpha value is -2.81. The van der Waals surface area contributed by atoms with Crippen LogP contribution in [0.1, 0.15) is 168 Å². The van der Waals surface area contributed by atoms with Crippen LogP contribution in [0, 0.1) is 0 Å². The van der Waals surface area contributed by atoms with Crippen molar-refractivity contribution in [1.82, 2.24) is 0 Å². The van der Waals surface area contributed by atoms with E-state index in [1.165, 1.54) is 88.8 Å². The van der Waals surface area contributed by atoms with E-state index < -0.39 is 62.4 Å². The molecule has 0 saturated carbocycles. The average Bonchev–Trinajstić information content (AvgIpc) is 3.28. The van der Waals surface area contributed by atoms with E-state index in [9.17, 15) is 28.9 Å². The van der Waals surface area contributed by atoms with E-state index >= 15 is 0 Å². The zero-order chi connectivity index (χ0) is 50.6. The molecular weight excluding hydrogens is 904 g/mol. The number of nitrogens with two attached hydrogens (primary N) is 1. The monoisotopic (exact) mass is 998 g/mol. The quantitative estimate of drug-likeness (QED) is 0.0113. The van der Waals surface area contributed by atoms with E-state index in [4.69, 9.17) is 29.4 Å². The van der Waals surface area contributed by atoms with Crippen LogP contribution in [0.5, 0.6) is 0 Å². The molecule has 0 rings (SSSR count). The van der Waals surface area contributed by atoms with Gasteiger partial charge in [0.15, 0.2) is 6.10 Å². The van der Waals surface area contributed by atoms with Gasteiger partial charge in [-0.15, -0.1) is 11.8 Å². The molecule has 0 fully saturated rings. The predicted octanol–water partition coefficient (Wildman–Crippen LogP) is 11.9. The number of unbranched alkanes of at least 4 members (excludes halogenated alkanes) is 15. The van der Waals surface area contributed by atoms with Crippen molar-refractivity contribution in [3.63, 3.8) is 0 Å². The van der Waals surface area contributed by atoms with Gasteiger partial charge in [-0.05, 0) is 70.6 Å². The van der Waals surface area contributed by atoms with Crippen molar-refractivity contribution in [1.29, 1.82) is 0 Å². The number of carboxylic acids is 1. The standard InChI is InChI=1S/C53H93N2O11PS/c1-6-8-10-12-14-16-18-20-21-22-23-24-25-26-28-30-32-34-36-41-52(59)63-44-47(45-65-67(61,62)64-43-42-55(3,4)5)66-53(60)48(54)46-68-50(49(56)38-37-40-51(57)58)39-35-33-31-29-27-19-17-15-13-11-9-7-2/h14-17,20-21,27,29,31,33,35,39,47-50,56H,6-13,18-19,22-26,28,30,32,34,36-38,40-46,54H2,1-5H3,(H-,57,58,61,62)/p+1/b16-14-,17-15-,21-20-,29-27-,33-31+,39-35+/t47-,48+,49+,50-/m1/s1. The number of carbonyl (C=O) groups excluding carboxylic acids is 2. The van der Waals surface area contributed by atoms with Gasteiger partial charge in [-0.2, -0.15) is 0 Å². The molecule has 13 nitrogen and oxygen atoms in total. The van der Waals surface area contributed by atoms with Crippen LogP contribution in [0.25, 0.3) is 0 Å². The van der Waals surface area contributed by atoms with Crippen molar-refractivity contribution >= 4 is 37.5 Å². The van der Waals surface area contributed by atoms with Crippen molar-refractivity contribution in [2.45, 2.75) is 191 Å². The van der Waals surface area contributed by atoms with Gasteiger partial charge < -0.3 is 34.8 Å². The maximum absolute atomic E-state index is 13.3. The van der Waals surface area contributed by atoms with Gasteiger partial charge in [0.05, 0.1) is 33.9 Å². The second-order valence-corrected chi connectivity index (χ2v) is 21.1. The van der Waals surface area contributed by atoms with E-state index in [0.29, 0.717) is 17.4 Å². The van der Waals surface area contributed by atoms with Crippen molar-refractivity contribution in [3.05, 3.63) is 72.9 Å². The number of esters is 2. The molecule has 0 aliphatic rings. The number of aliphatic carboxylic acids is 1. The number of ether oxygens (including phenoxy) is 2. The molecule has 0 aromatic heterocycles. The minimum Gasteiger partial charge on any atom is -0.481 e. The van der Waals surface area contributed by atoms with Gasteiger partial charge in [-0.1, -0.05) is 157 Å². The fourth-order valence-corrected chi connectivity index (χ4v) is 8.39. The molecule has 0 bridgehead atoms. The Bertz CT molecular complexity index is 1510. The molecule has 0 radical (unpaired) electrons. The lowest BCUT2D eigenvalue weighted by molar-refractivity contribution is -0.870. The Balaban J connectivity index is 5.12. The summed E-state index contributed by atoms with van der Waals surface area (Å²) in [5, 5.41) is 19.5. The fraction of sp³-hybridized carbons (Fsp3) is 0.717. The van der Waals surface area contributed by atoms with Crippen LogP contribution in [0.2, 0.25) is 0 Å². The predicted molar refractivity (Wildman–Crippen MR) is 280 cm³/mol. The smallest absolute Gasteiger partial charge is 0.472 e. The second-order valence-electron chi connectivity index (χ2n) is 18.4. The molecule has 0 spiro atoms. The molecule has 5 atom stereocenters. The summed E-state index contributed by atoms with van der Waals surface area (Å²) in [6, 6.07) is -1.19. The van der Waals surface area contributed by atoms with E-state index in [1.807, 2.05) is 45.4 Å². The number of likely N-dealkylation sites (N-methyl/N-ethyl adjacent to an activating group) is 1. The summed E-state index contributed by atoms with van der Waals surface area (Å²) < 4.78 is 34.5. The number of quaternary nitrogens is 1. The van der Waals surface area contributed by atoms with Crippen LogP contribution < -0.4 is 5.73 Å². The zero-order valence-electron chi connectivity index (χ0n) is 42.7. The number of nitrogens with zero attached hydrogens (tertiary/aromatic N) is 1. The Kier molecular flexibility index (Phi) is 42.3. The minimum absolute atomic E-state index is 0.0211. The molecule has 68 heavy (non-hydrogen) atoms. The number of carboxylic acid groups (broad SMARTS) is 1. The van der Waals surface area contributed by atoms with Crippen LogP contribution in [-0.4, -0.2) is 114 Å². The van der Waals surface area contributed by atoms with Crippen LogP contribution in [-0.2, 0) is 37.5 Å². The topological polar surface area (TPSA) is 192 Å². The second kappa shape index (κ2) is 44.2. The summed E-state index contributed by atoms with van der Waals surface area (Å²) in [5.41, 5.74) is 6.26. The Morgan fingerprint density at radius 2 is 1.22 bits per heavy atom. The first kappa shape index (κ1) is 65.2. The number of thioether (sulfide) groups is 1. The number of aliphatic hydroxyl groups excluding tert-OH is 1. The lowest BCUT2D eigenvalue weighted by Crippen LogP contribution is -2.40. The highest BCUT2D eigenvalue weighted by atomic mass is 32.2. The Labute approximate surface area is 416 Å².